The molecule has 9 heteroatoms. The molecule has 0 radical (unpaired) electrons. The van der Waals surface area contributed by atoms with Gasteiger partial charge in [-0.05, 0) is 64.5 Å². The van der Waals surface area contributed by atoms with Crippen LogP contribution in [0.15, 0.2) is 16.4 Å². The molecule has 2 aliphatic heterocycles. The van der Waals surface area contributed by atoms with Crippen LogP contribution in [0.2, 0.25) is 0 Å². The van der Waals surface area contributed by atoms with Crippen LogP contribution in [0.5, 0.6) is 0 Å². The first kappa shape index (κ1) is 26.2. The summed E-state index contributed by atoms with van der Waals surface area (Å²) >= 11 is 1.88. The van der Waals surface area contributed by atoms with E-state index in [0.29, 0.717) is 6.04 Å². The number of thiophene rings is 1. The number of ether oxygens (including phenoxy) is 1. The van der Waals surface area contributed by atoms with Crippen molar-refractivity contribution in [3.63, 3.8) is 0 Å². The van der Waals surface area contributed by atoms with Gasteiger partial charge in [0.1, 0.15) is 5.60 Å². The molecule has 1 aromatic rings. The molecule has 0 aliphatic carbocycles. The Morgan fingerprint density at radius 3 is 2.87 bits per heavy atom. The molecule has 1 amide bonds. The Bertz CT molecular complexity index is 749. The fraction of sp³-hybridized carbons (Fsp3) is 0.727. The molecule has 31 heavy (non-hydrogen) atoms. The third kappa shape index (κ3) is 7.78. The third-order valence-corrected chi connectivity index (χ3v) is 6.53. The van der Waals surface area contributed by atoms with Gasteiger partial charge in [0.15, 0.2) is 5.96 Å². The van der Waals surface area contributed by atoms with Gasteiger partial charge in [-0.2, -0.15) is 0 Å². The maximum absolute atomic E-state index is 12.1. The molecule has 2 atom stereocenters. The number of hydrogen-bond acceptors (Lipinski definition) is 5. The molecule has 1 saturated heterocycles. The zero-order chi connectivity index (χ0) is 21.7. The Kier molecular flexibility index (Phi) is 9.88. The number of fused-ring (bicyclic) bond motifs is 1. The first-order valence-corrected chi connectivity index (χ1v) is 11.9. The molecule has 3 heterocycles. The smallest absolute Gasteiger partial charge is 0.407 e. The average molecular weight is 564 g/mol. The van der Waals surface area contributed by atoms with Crippen molar-refractivity contribution in [3.8, 4) is 0 Å². The number of carbonyl (C=O) groups excluding carboxylic acids is 1. The largest absolute Gasteiger partial charge is 0.444 e. The Morgan fingerprint density at radius 2 is 2.16 bits per heavy atom. The minimum absolute atomic E-state index is 0. The van der Waals surface area contributed by atoms with Gasteiger partial charge in [-0.1, -0.05) is 0 Å². The van der Waals surface area contributed by atoms with Crippen molar-refractivity contribution in [2.45, 2.75) is 71.7 Å². The predicted octanol–water partition coefficient (Wildman–Crippen LogP) is 3.68. The second kappa shape index (κ2) is 11.7. The molecule has 1 fully saturated rings. The highest BCUT2D eigenvalue weighted by molar-refractivity contribution is 14.0. The third-order valence-electron chi connectivity index (χ3n) is 5.51. The zero-order valence-electron chi connectivity index (χ0n) is 19.4. The van der Waals surface area contributed by atoms with E-state index in [4.69, 9.17) is 9.73 Å². The molecule has 0 saturated carbocycles. The lowest BCUT2D eigenvalue weighted by Crippen LogP contribution is -2.45. The lowest BCUT2D eigenvalue weighted by atomic mass is 10.1. The quantitative estimate of drug-likeness (QED) is 0.325. The molecular weight excluding hydrogens is 525 g/mol. The number of guanidine groups is 1. The lowest BCUT2D eigenvalue weighted by Gasteiger charge is -2.32. The summed E-state index contributed by atoms with van der Waals surface area (Å²) in [5.74, 6) is 0.936. The van der Waals surface area contributed by atoms with Crippen LogP contribution in [-0.4, -0.2) is 72.3 Å². The van der Waals surface area contributed by atoms with Crippen molar-refractivity contribution in [3.05, 3.63) is 21.9 Å². The molecule has 176 valence electrons. The van der Waals surface area contributed by atoms with Crippen LogP contribution >= 0.6 is 35.3 Å². The van der Waals surface area contributed by atoms with E-state index in [1.165, 1.54) is 10.4 Å². The van der Waals surface area contributed by atoms with Crippen LogP contribution in [0, 0.1) is 0 Å². The number of nitrogens with zero attached hydrogens (tertiary/aromatic N) is 3. The van der Waals surface area contributed by atoms with E-state index >= 15 is 0 Å². The van der Waals surface area contributed by atoms with Gasteiger partial charge in [-0.25, -0.2) is 4.79 Å². The number of hydrogen-bond donors (Lipinski definition) is 2. The van der Waals surface area contributed by atoms with Crippen LogP contribution < -0.4 is 10.6 Å². The van der Waals surface area contributed by atoms with Gasteiger partial charge in [0.05, 0.1) is 12.6 Å². The van der Waals surface area contributed by atoms with Crippen LogP contribution in [0.4, 0.5) is 4.79 Å². The summed E-state index contributed by atoms with van der Waals surface area (Å²) in [6.07, 6.45) is 1.69. The van der Waals surface area contributed by atoms with Crippen LogP contribution in [-0.2, 0) is 17.7 Å². The van der Waals surface area contributed by atoms with Gasteiger partial charge in [0.25, 0.3) is 0 Å². The summed E-state index contributed by atoms with van der Waals surface area (Å²) in [5, 5.41) is 8.62. The maximum Gasteiger partial charge on any atom is 0.407 e. The molecule has 0 bridgehead atoms. The van der Waals surface area contributed by atoms with Crippen molar-refractivity contribution in [2.75, 3.05) is 32.7 Å². The summed E-state index contributed by atoms with van der Waals surface area (Å²) in [7, 11) is 0. The van der Waals surface area contributed by atoms with Gasteiger partial charge in [0.2, 0.25) is 0 Å². The Balaban J connectivity index is 0.00000341. The van der Waals surface area contributed by atoms with Gasteiger partial charge in [-0.15, -0.1) is 35.3 Å². The lowest BCUT2D eigenvalue weighted by molar-refractivity contribution is 0.0507. The number of likely N-dealkylation sites (tertiary alicyclic amines) is 1. The van der Waals surface area contributed by atoms with E-state index in [1.807, 2.05) is 32.1 Å². The highest BCUT2D eigenvalue weighted by Crippen LogP contribution is 2.25. The first-order chi connectivity index (χ1) is 14.2. The fourth-order valence-electron chi connectivity index (χ4n) is 3.95. The zero-order valence-corrected chi connectivity index (χ0v) is 22.6. The Hall–Kier alpha value is -1.07. The normalized spacial score (nSPS) is 20.6. The van der Waals surface area contributed by atoms with Gasteiger partial charge < -0.3 is 20.3 Å². The SMILES string of the molecule is CCNC(=NCC(C)N1CCc2sccc2C1)N1CCC(NC(=O)OC(C)(C)C)C1.I. The molecule has 7 nitrogen and oxygen atoms in total. The van der Waals surface area contributed by atoms with E-state index in [9.17, 15) is 4.79 Å². The van der Waals surface area contributed by atoms with Crippen LogP contribution in [0.25, 0.3) is 0 Å². The molecule has 2 N–H and O–H groups in total. The standard InChI is InChI=1S/C22H37N5O2S.HI/c1-6-23-20(27-10-7-18(15-27)25-21(28)29-22(3,4)5)24-13-16(2)26-11-8-19-17(14-26)9-12-30-19;/h9,12,16,18H,6-8,10-11,13-15H2,1-5H3,(H,23,24)(H,25,28);1H. The summed E-state index contributed by atoms with van der Waals surface area (Å²) < 4.78 is 5.39. The molecule has 2 unspecified atom stereocenters. The van der Waals surface area contributed by atoms with E-state index in [1.54, 1.807) is 0 Å². The number of alkyl carbamates (subject to hydrolysis) is 1. The van der Waals surface area contributed by atoms with Crippen LogP contribution in [0.1, 0.15) is 51.5 Å². The molecule has 0 spiro atoms. The Labute approximate surface area is 208 Å². The topological polar surface area (TPSA) is 69.2 Å². The van der Waals surface area contributed by atoms with E-state index in [0.717, 1.165) is 58.1 Å². The molecule has 3 rings (SSSR count). The van der Waals surface area contributed by atoms with Gasteiger partial charge in [0, 0.05) is 43.6 Å². The number of amides is 1. The molecule has 1 aromatic heterocycles. The summed E-state index contributed by atoms with van der Waals surface area (Å²) in [4.78, 5) is 23.3. The van der Waals surface area contributed by atoms with Crippen molar-refractivity contribution in [2.24, 2.45) is 4.99 Å². The minimum Gasteiger partial charge on any atom is -0.444 e. The van der Waals surface area contributed by atoms with Gasteiger partial charge >= 0.3 is 6.09 Å². The van der Waals surface area contributed by atoms with Crippen LogP contribution in [0.3, 0.4) is 0 Å². The maximum atomic E-state index is 12.1. The number of carbonyl (C=O) groups is 1. The second-order valence-corrected chi connectivity index (χ2v) is 10.2. The second-order valence-electron chi connectivity index (χ2n) is 9.21. The van der Waals surface area contributed by atoms with Gasteiger partial charge in [-0.3, -0.25) is 9.89 Å². The number of halogens is 1. The van der Waals surface area contributed by atoms with E-state index in [2.05, 4.69) is 45.7 Å². The van der Waals surface area contributed by atoms with Crippen molar-refractivity contribution < 1.29 is 9.53 Å². The number of aliphatic imine (C=N–C) groups is 1. The van der Waals surface area contributed by atoms with E-state index in [-0.39, 0.29) is 36.1 Å². The Morgan fingerprint density at radius 1 is 1.39 bits per heavy atom. The van der Waals surface area contributed by atoms with Crippen molar-refractivity contribution >= 4 is 47.4 Å². The average Bonchev–Trinajstić information content (AvgIpc) is 3.31. The predicted molar refractivity (Wildman–Crippen MR) is 139 cm³/mol. The molecular formula is C22H38IN5O2S. The summed E-state index contributed by atoms with van der Waals surface area (Å²) in [6.45, 7) is 15.4. The number of nitrogens with one attached hydrogen (secondary N) is 2. The van der Waals surface area contributed by atoms with Crippen molar-refractivity contribution in [1.29, 1.82) is 0 Å². The van der Waals surface area contributed by atoms with E-state index < -0.39 is 5.60 Å². The first-order valence-electron chi connectivity index (χ1n) is 11.1. The highest BCUT2D eigenvalue weighted by atomic mass is 127. The fourth-order valence-corrected chi connectivity index (χ4v) is 4.84. The monoisotopic (exact) mass is 563 g/mol. The molecule has 0 aromatic carbocycles. The van der Waals surface area contributed by atoms with Crippen molar-refractivity contribution in [1.82, 2.24) is 20.4 Å². The minimum atomic E-state index is -0.479. The molecule has 2 aliphatic rings. The summed E-state index contributed by atoms with van der Waals surface area (Å²) in [6, 6.07) is 2.74. The number of rotatable bonds is 5. The highest BCUT2D eigenvalue weighted by Gasteiger charge is 2.28. The summed E-state index contributed by atoms with van der Waals surface area (Å²) in [5.41, 5.74) is 0.997.